The lowest BCUT2D eigenvalue weighted by Gasteiger charge is -2.31. The second kappa shape index (κ2) is 9.39. The normalized spacial score (nSPS) is 14.5. The highest BCUT2D eigenvalue weighted by atomic mass is 35.5. The molecule has 0 radical (unpaired) electrons. The van der Waals surface area contributed by atoms with E-state index in [-0.39, 0.29) is 24.3 Å². The lowest BCUT2D eigenvalue weighted by Crippen LogP contribution is -2.44. The van der Waals surface area contributed by atoms with Gasteiger partial charge in [0.25, 0.3) is 0 Å². The van der Waals surface area contributed by atoms with Crippen LogP contribution in [-0.2, 0) is 6.54 Å². The van der Waals surface area contributed by atoms with E-state index >= 15 is 0 Å². The first kappa shape index (κ1) is 21.2. The van der Waals surface area contributed by atoms with Gasteiger partial charge in [-0.25, -0.2) is 23.5 Å². The molecule has 1 aliphatic rings. The lowest BCUT2D eigenvalue weighted by atomic mass is 9.96. The quantitative estimate of drug-likeness (QED) is 0.606. The van der Waals surface area contributed by atoms with E-state index in [0.717, 1.165) is 12.8 Å². The van der Waals surface area contributed by atoms with Gasteiger partial charge in [-0.3, -0.25) is 0 Å². The van der Waals surface area contributed by atoms with Crippen LogP contribution in [-0.4, -0.2) is 34.0 Å². The van der Waals surface area contributed by atoms with Gasteiger partial charge in [-0.2, -0.15) is 0 Å². The van der Waals surface area contributed by atoms with E-state index in [9.17, 15) is 13.6 Å². The van der Waals surface area contributed by atoms with E-state index < -0.39 is 5.82 Å². The fourth-order valence-corrected chi connectivity index (χ4v) is 3.83. The first-order valence-electron chi connectivity index (χ1n) is 10.0. The van der Waals surface area contributed by atoms with Crippen molar-refractivity contribution in [2.24, 2.45) is 0 Å². The number of hydrogen-bond donors (Lipinski definition) is 1. The van der Waals surface area contributed by atoms with Crippen LogP contribution in [0.2, 0.25) is 5.02 Å². The summed E-state index contributed by atoms with van der Waals surface area (Å²) in [6, 6.07) is 12.2. The van der Waals surface area contributed by atoms with Crippen molar-refractivity contribution < 1.29 is 13.6 Å². The predicted octanol–water partition coefficient (Wildman–Crippen LogP) is 5.16. The number of benzene rings is 2. The lowest BCUT2D eigenvalue weighted by molar-refractivity contribution is 0.180. The van der Waals surface area contributed by atoms with Gasteiger partial charge in [0, 0.05) is 47.9 Å². The zero-order chi connectivity index (χ0) is 21.8. The summed E-state index contributed by atoms with van der Waals surface area (Å²) in [5, 5.41) is 3.07. The van der Waals surface area contributed by atoms with Crippen molar-refractivity contribution in [2.75, 3.05) is 13.1 Å². The molecule has 3 aromatic rings. The van der Waals surface area contributed by atoms with E-state index in [1.165, 1.54) is 18.2 Å². The summed E-state index contributed by atoms with van der Waals surface area (Å²) in [5.74, 6) is 0.0635. The Morgan fingerprint density at radius 3 is 2.68 bits per heavy atom. The largest absolute Gasteiger partial charge is 0.334 e. The summed E-state index contributed by atoms with van der Waals surface area (Å²) in [6.07, 6.45) is 3.12. The molecule has 1 aliphatic heterocycles. The van der Waals surface area contributed by atoms with Crippen molar-refractivity contribution in [1.29, 1.82) is 0 Å². The van der Waals surface area contributed by atoms with E-state index in [2.05, 4.69) is 15.3 Å². The van der Waals surface area contributed by atoms with E-state index in [1.54, 1.807) is 35.4 Å². The molecule has 4 rings (SSSR count). The third kappa shape index (κ3) is 5.17. The fourth-order valence-electron chi connectivity index (χ4n) is 3.67. The number of aromatic nitrogens is 2. The number of nitrogens with one attached hydrogen (secondary N) is 1. The molecular formula is C23H21ClF2N4O. The summed E-state index contributed by atoms with van der Waals surface area (Å²) in [6.45, 7) is 1.20. The van der Waals surface area contributed by atoms with Crippen molar-refractivity contribution in [3.05, 3.63) is 82.8 Å². The third-order valence-corrected chi connectivity index (χ3v) is 5.62. The SMILES string of the molecule is O=C(NCc1ccc(Cl)cc1F)N1CCC(c2nccc(-c3cccc(F)c3)n2)CC1. The van der Waals surface area contributed by atoms with Crippen molar-refractivity contribution in [3.63, 3.8) is 0 Å². The number of likely N-dealkylation sites (tertiary alicyclic amines) is 1. The minimum Gasteiger partial charge on any atom is -0.334 e. The molecule has 0 saturated carbocycles. The average molecular weight is 443 g/mol. The highest BCUT2D eigenvalue weighted by molar-refractivity contribution is 6.30. The average Bonchev–Trinajstić information content (AvgIpc) is 2.78. The van der Waals surface area contributed by atoms with Crippen LogP contribution in [0.1, 0.15) is 30.1 Å². The number of carbonyl (C=O) groups excluding carboxylic acids is 1. The molecule has 0 atom stereocenters. The second-order valence-electron chi connectivity index (χ2n) is 7.47. The van der Waals surface area contributed by atoms with Gasteiger partial charge >= 0.3 is 6.03 Å². The van der Waals surface area contributed by atoms with Crippen molar-refractivity contribution in [2.45, 2.75) is 25.3 Å². The molecule has 0 unspecified atom stereocenters. The van der Waals surface area contributed by atoms with Crippen LogP contribution in [0.3, 0.4) is 0 Å². The summed E-state index contributed by atoms with van der Waals surface area (Å²) in [7, 11) is 0. The van der Waals surface area contributed by atoms with E-state index in [4.69, 9.17) is 11.6 Å². The maximum atomic E-state index is 13.9. The molecular weight excluding hydrogens is 422 g/mol. The number of carbonyl (C=O) groups is 1. The van der Waals surface area contributed by atoms with Crippen LogP contribution < -0.4 is 5.32 Å². The van der Waals surface area contributed by atoms with Crippen molar-refractivity contribution >= 4 is 17.6 Å². The molecule has 31 heavy (non-hydrogen) atoms. The fraction of sp³-hybridized carbons (Fsp3) is 0.261. The predicted molar refractivity (Wildman–Crippen MR) is 115 cm³/mol. The Hall–Kier alpha value is -3.06. The van der Waals surface area contributed by atoms with Crippen LogP contribution in [0.25, 0.3) is 11.3 Å². The van der Waals surface area contributed by atoms with Gasteiger partial charge in [0.2, 0.25) is 0 Å². The highest BCUT2D eigenvalue weighted by Gasteiger charge is 2.25. The minimum absolute atomic E-state index is 0.0978. The number of nitrogens with zero attached hydrogens (tertiary/aromatic N) is 3. The van der Waals surface area contributed by atoms with Gasteiger partial charge < -0.3 is 10.2 Å². The summed E-state index contributed by atoms with van der Waals surface area (Å²) < 4.78 is 27.4. The molecule has 1 saturated heterocycles. The number of hydrogen-bond acceptors (Lipinski definition) is 3. The van der Waals surface area contributed by atoms with Gasteiger partial charge in [0.15, 0.2) is 0 Å². The zero-order valence-electron chi connectivity index (χ0n) is 16.7. The molecule has 1 aromatic heterocycles. The van der Waals surface area contributed by atoms with Crippen LogP contribution in [0, 0.1) is 11.6 Å². The van der Waals surface area contributed by atoms with Crippen LogP contribution >= 0.6 is 11.6 Å². The van der Waals surface area contributed by atoms with Crippen LogP contribution in [0.5, 0.6) is 0 Å². The molecule has 1 fully saturated rings. The molecule has 0 spiro atoms. The maximum Gasteiger partial charge on any atom is 0.317 e. The van der Waals surface area contributed by atoms with E-state index in [0.29, 0.717) is 40.8 Å². The van der Waals surface area contributed by atoms with Gasteiger partial charge in [-0.1, -0.05) is 29.8 Å². The molecule has 2 amide bonds. The minimum atomic E-state index is -0.443. The zero-order valence-corrected chi connectivity index (χ0v) is 17.4. The molecule has 2 aromatic carbocycles. The van der Waals surface area contributed by atoms with Gasteiger partial charge in [-0.15, -0.1) is 0 Å². The van der Waals surface area contributed by atoms with Crippen LogP contribution in [0.4, 0.5) is 13.6 Å². The molecule has 2 heterocycles. The van der Waals surface area contributed by atoms with Crippen molar-refractivity contribution in [1.82, 2.24) is 20.2 Å². The molecule has 8 heteroatoms. The molecule has 0 aliphatic carbocycles. The third-order valence-electron chi connectivity index (χ3n) is 5.39. The first-order chi connectivity index (χ1) is 15.0. The molecule has 5 nitrogen and oxygen atoms in total. The second-order valence-corrected chi connectivity index (χ2v) is 7.90. The summed E-state index contributed by atoms with van der Waals surface area (Å²) >= 11 is 5.75. The van der Waals surface area contributed by atoms with Gasteiger partial charge in [-0.05, 0) is 43.2 Å². The number of piperidine rings is 1. The Balaban J connectivity index is 1.34. The Morgan fingerprint density at radius 2 is 1.94 bits per heavy atom. The Labute approximate surface area is 184 Å². The summed E-state index contributed by atoms with van der Waals surface area (Å²) in [4.78, 5) is 23.2. The number of amides is 2. The number of rotatable bonds is 4. The number of halogens is 3. The Morgan fingerprint density at radius 1 is 1.13 bits per heavy atom. The van der Waals surface area contributed by atoms with Gasteiger partial charge in [0.1, 0.15) is 17.5 Å². The standard InChI is InChI=1S/C23H21ClF2N4O/c24-18-5-4-17(20(26)13-18)14-28-23(31)30-10-7-15(8-11-30)22-27-9-6-21(29-22)16-2-1-3-19(25)12-16/h1-6,9,12-13,15H,7-8,10-11,14H2,(H,28,31). The smallest absolute Gasteiger partial charge is 0.317 e. The van der Waals surface area contributed by atoms with Crippen LogP contribution in [0.15, 0.2) is 54.7 Å². The Kier molecular flexibility index (Phi) is 6.42. The monoisotopic (exact) mass is 442 g/mol. The Bertz CT molecular complexity index is 1090. The van der Waals surface area contributed by atoms with Crippen molar-refractivity contribution in [3.8, 4) is 11.3 Å². The molecule has 0 bridgehead atoms. The number of urea groups is 1. The molecule has 1 N–H and O–H groups in total. The first-order valence-corrected chi connectivity index (χ1v) is 10.4. The van der Waals surface area contributed by atoms with Gasteiger partial charge in [0.05, 0.1) is 5.69 Å². The summed E-state index contributed by atoms with van der Waals surface area (Å²) in [5.41, 5.74) is 1.76. The molecule has 160 valence electrons. The topological polar surface area (TPSA) is 58.1 Å². The van der Waals surface area contributed by atoms with E-state index in [1.807, 2.05) is 6.07 Å². The maximum absolute atomic E-state index is 13.9. The highest BCUT2D eigenvalue weighted by Crippen LogP contribution is 2.27.